The number of amides is 1. The second-order valence-corrected chi connectivity index (χ2v) is 7.92. The van der Waals surface area contributed by atoms with E-state index in [9.17, 15) is 4.79 Å². The minimum atomic E-state index is -0.522. The molecule has 3 heterocycles. The van der Waals surface area contributed by atoms with Gasteiger partial charge in [-0.3, -0.25) is 14.5 Å². The predicted molar refractivity (Wildman–Crippen MR) is 130 cm³/mol. The molecule has 4 aromatic rings. The molecule has 0 saturated heterocycles. The van der Waals surface area contributed by atoms with E-state index in [2.05, 4.69) is 20.4 Å². The first kappa shape index (κ1) is 22.9. The average molecular weight is 461 g/mol. The first-order valence-corrected chi connectivity index (χ1v) is 10.8. The van der Waals surface area contributed by atoms with Crippen LogP contribution in [0.3, 0.4) is 0 Å². The van der Waals surface area contributed by atoms with E-state index in [1.165, 1.54) is 12.3 Å². The first-order valence-electron chi connectivity index (χ1n) is 10.8. The van der Waals surface area contributed by atoms with Crippen LogP contribution in [0.2, 0.25) is 0 Å². The quantitative estimate of drug-likeness (QED) is 0.312. The number of rotatable bonds is 7. The van der Waals surface area contributed by atoms with Crippen molar-refractivity contribution in [2.24, 2.45) is 7.05 Å². The van der Waals surface area contributed by atoms with Crippen molar-refractivity contribution < 1.29 is 13.9 Å². The number of carbonyl (C=O) groups is 1. The fourth-order valence-electron chi connectivity index (χ4n) is 3.55. The van der Waals surface area contributed by atoms with Crippen LogP contribution in [0.4, 0.5) is 15.9 Å². The number of nitrogens with two attached hydrogens (primary N) is 1. The molecule has 0 saturated carbocycles. The van der Waals surface area contributed by atoms with Gasteiger partial charge in [-0.25, -0.2) is 9.37 Å². The Morgan fingerprint density at radius 3 is 2.79 bits per heavy atom. The summed E-state index contributed by atoms with van der Waals surface area (Å²) in [7, 11) is 1.80. The van der Waals surface area contributed by atoms with E-state index < -0.39 is 5.82 Å². The van der Waals surface area contributed by atoms with Gasteiger partial charge in [0.2, 0.25) is 5.91 Å². The average Bonchev–Trinajstić information content (AvgIpc) is 3.24. The van der Waals surface area contributed by atoms with Crippen LogP contribution in [0.15, 0.2) is 60.8 Å². The second-order valence-electron chi connectivity index (χ2n) is 7.92. The molecule has 0 fully saturated rings. The summed E-state index contributed by atoms with van der Waals surface area (Å²) in [4.78, 5) is 20.9. The lowest BCUT2D eigenvalue weighted by Gasteiger charge is -2.12. The second kappa shape index (κ2) is 9.70. The maximum Gasteiger partial charge on any atom is 0.249 e. The summed E-state index contributed by atoms with van der Waals surface area (Å²) in [5, 5.41) is 7.94. The van der Waals surface area contributed by atoms with Crippen molar-refractivity contribution in [3.8, 4) is 16.9 Å². The largest absolute Gasteiger partial charge is 0.486 e. The SMILES string of the molecule is CC/C(=C\C(=O)Nc1cc2cc(-c3cnccc3C)c(F)c(N)c2cn1)COc1cnn(C)c1. The van der Waals surface area contributed by atoms with E-state index in [0.29, 0.717) is 39.9 Å². The zero-order valence-corrected chi connectivity index (χ0v) is 19.2. The monoisotopic (exact) mass is 460 g/mol. The van der Waals surface area contributed by atoms with Gasteiger partial charge in [0.1, 0.15) is 12.4 Å². The summed E-state index contributed by atoms with van der Waals surface area (Å²) < 4.78 is 22.3. The molecular formula is C25H25FN6O2. The van der Waals surface area contributed by atoms with Gasteiger partial charge in [0.25, 0.3) is 0 Å². The summed E-state index contributed by atoms with van der Waals surface area (Å²) in [6, 6.07) is 5.17. The molecule has 0 atom stereocenters. The Hall–Kier alpha value is -4.27. The highest BCUT2D eigenvalue weighted by Gasteiger charge is 2.15. The lowest BCUT2D eigenvalue weighted by Crippen LogP contribution is -2.12. The van der Waals surface area contributed by atoms with Crippen LogP contribution in [-0.2, 0) is 11.8 Å². The molecule has 1 amide bonds. The Labute approximate surface area is 196 Å². The number of fused-ring (bicyclic) bond motifs is 1. The number of benzene rings is 1. The number of anilines is 2. The molecule has 0 unspecified atom stereocenters. The maximum atomic E-state index is 15.0. The molecule has 4 rings (SSSR count). The Morgan fingerprint density at radius 2 is 2.09 bits per heavy atom. The standard InChI is InChI=1S/C25H25FN6O2/c1-4-16(14-34-18-10-30-32(3)13-18)7-23(33)31-22-9-17-8-19(20-11-28-6-5-15(20)2)24(26)25(27)21(17)12-29-22/h5-13H,4,14,27H2,1-3H3,(H,29,31,33)/b16-7+. The highest BCUT2D eigenvalue weighted by atomic mass is 19.1. The summed E-state index contributed by atoms with van der Waals surface area (Å²) in [6.07, 6.45) is 10.2. The summed E-state index contributed by atoms with van der Waals surface area (Å²) in [6.45, 7) is 4.09. The van der Waals surface area contributed by atoms with Gasteiger partial charge >= 0.3 is 0 Å². The molecule has 3 aromatic heterocycles. The molecule has 0 aliphatic carbocycles. The van der Waals surface area contributed by atoms with Gasteiger partial charge in [0.05, 0.1) is 18.1 Å². The van der Waals surface area contributed by atoms with Gasteiger partial charge in [-0.2, -0.15) is 5.10 Å². The third kappa shape index (κ3) is 4.88. The summed E-state index contributed by atoms with van der Waals surface area (Å²) in [5.41, 5.74) is 8.76. The molecule has 34 heavy (non-hydrogen) atoms. The third-order valence-electron chi connectivity index (χ3n) is 5.47. The molecule has 0 bridgehead atoms. The number of aryl methyl sites for hydroxylation is 2. The minimum Gasteiger partial charge on any atom is -0.486 e. The fourth-order valence-corrected chi connectivity index (χ4v) is 3.55. The number of hydrogen-bond acceptors (Lipinski definition) is 6. The van der Waals surface area contributed by atoms with E-state index in [1.54, 1.807) is 48.6 Å². The van der Waals surface area contributed by atoms with Crippen LogP contribution in [0, 0.1) is 12.7 Å². The zero-order valence-electron chi connectivity index (χ0n) is 19.2. The molecule has 174 valence electrons. The molecule has 3 N–H and O–H groups in total. The summed E-state index contributed by atoms with van der Waals surface area (Å²) in [5.74, 6) is 0.100. The summed E-state index contributed by atoms with van der Waals surface area (Å²) >= 11 is 0. The van der Waals surface area contributed by atoms with E-state index in [4.69, 9.17) is 10.5 Å². The number of halogens is 1. The van der Waals surface area contributed by atoms with Gasteiger partial charge in [0, 0.05) is 48.2 Å². The van der Waals surface area contributed by atoms with Gasteiger partial charge in [-0.1, -0.05) is 6.92 Å². The predicted octanol–water partition coefficient (Wildman–Crippen LogP) is 4.41. The fraction of sp³-hybridized carbons (Fsp3) is 0.200. The van der Waals surface area contributed by atoms with E-state index in [0.717, 1.165) is 11.1 Å². The smallest absolute Gasteiger partial charge is 0.249 e. The Kier molecular flexibility index (Phi) is 6.53. The van der Waals surface area contributed by atoms with Gasteiger partial charge in [-0.15, -0.1) is 0 Å². The van der Waals surface area contributed by atoms with Crippen molar-refractivity contribution in [2.75, 3.05) is 17.7 Å². The molecule has 1 aromatic carbocycles. The highest BCUT2D eigenvalue weighted by Crippen LogP contribution is 2.34. The topological polar surface area (TPSA) is 108 Å². The molecular weight excluding hydrogens is 435 g/mol. The first-order chi connectivity index (χ1) is 16.4. The third-order valence-corrected chi connectivity index (χ3v) is 5.47. The molecule has 0 spiro atoms. The van der Waals surface area contributed by atoms with Crippen molar-refractivity contribution in [2.45, 2.75) is 20.3 Å². The van der Waals surface area contributed by atoms with E-state index in [1.807, 2.05) is 19.9 Å². The lowest BCUT2D eigenvalue weighted by atomic mass is 9.98. The van der Waals surface area contributed by atoms with Crippen LogP contribution >= 0.6 is 0 Å². The number of pyridine rings is 2. The van der Waals surface area contributed by atoms with Crippen molar-refractivity contribution in [3.63, 3.8) is 0 Å². The number of nitrogens with zero attached hydrogens (tertiary/aromatic N) is 4. The minimum absolute atomic E-state index is 0.00171. The van der Waals surface area contributed by atoms with Crippen molar-refractivity contribution in [1.82, 2.24) is 19.7 Å². The van der Waals surface area contributed by atoms with E-state index in [-0.39, 0.29) is 18.2 Å². The van der Waals surface area contributed by atoms with Crippen LogP contribution in [0.1, 0.15) is 18.9 Å². The number of ether oxygens (including phenoxy) is 1. The Morgan fingerprint density at radius 1 is 1.26 bits per heavy atom. The number of nitrogens with one attached hydrogen (secondary N) is 1. The molecule has 0 radical (unpaired) electrons. The van der Waals surface area contributed by atoms with Gasteiger partial charge < -0.3 is 15.8 Å². The van der Waals surface area contributed by atoms with Crippen molar-refractivity contribution in [1.29, 1.82) is 0 Å². The van der Waals surface area contributed by atoms with Crippen molar-refractivity contribution in [3.05, 3.63) is 72.2 Å². The van der Waals surface area contributed by atoms with Gasteiger partial charge in [0.15, 0.2) is 11.6 Å². The molecule has 8 nitrogen and oxygen atoms in total. The van der Waals surface area contributed by atoms with E-state index >= 15 is 4.39 Å². The maximum absolute atomic E-state index is 15.0. The van der Waals surface area contributed by atoms with Crippen LogP contribution < -0.4 is 15.8 Å². The number of aromatic nitrogens is 4. The number of carbonyl (C=O) groups excluding carboxylic acids is 1. The van der Waals surface area contributed by atoms with Crippen LogP contribution in [0.25, 0.3) is 21.9 Å². The zero-order chi connectivity index (χ0) is 24.2. The molecule has 0 aliphatic heterocycles. The molecule has 0 aliphatic rings. The van der Waals surface area contributed by atoms with Gasteiger partial charge in [-0.05, 0) is 48.1 Å². The number of nitrogen functional groups attached to an aromatic ring is 1. The lowest BCUT2D eigenvalue weighted by molar-refractivity contribution is -0.112. The highest BCUT2D eigenvalue weighted by molar-refractivity contribution is 6.02. The molecule has 9 heteroatoms. The Bertz CT molecular complexity index is 1400. The van der Waals surface area contributed by atoms with Crippen LogP contribution in [0.5, 0.6) is 5.75 Å². The normalized spacial score (nSPS) is 11.6. The van der Waals surface area contributed by atoms with Crippen molar-refractivity contribution >= 4 is 28.2 Å². The number of hydrogen-bond donors (Lipinski definition) is 2. The Balaban J connectivity index is 1.57. The van der Waals surface area contributed by atoms with Crippen LogP contribution in [-0.4, -0.2) is 32.3 Å².